The van der Waals surface area contributed by atoms with Crippen molar-refractivity contribution in [3.8, 4) is 5.75 Å². The van der Waals surface area contributed by atoms with Gasteiger partial charge in [0.2, 0.25) is 0 Å². The molecular formula is C14H19NOS. The number of pyridine rings is 1. The minimum absolute atomic E-state index is 0.410. The van der Waals surface area contributed by atoms with E-state index in [0.717, 1.165) is 21.7 Å². The fraction of sp³-hybridized carbons (Fsp3) is 0.357. The van der Waals surface area contributed by atoms with Crippen LogP contribution in [0.5, 0.6) is 5.75 Å². The van der Waals surface area contributed by atoms with E-state index in [0.29, 0.717) is 5.75 Å². The van der Waals surface area contributed by atoms with E-state index in [-0.39, 0.29) is 0 Å². The summed E-state index contributed by atoms with van der Waals surface area (Å²) in [4.78, 5) is 5.06. The highest BCUT2D eigenvalue weighted by molar-refractivity contribution is 7.80. The van der Waals surface area contributed by atoms with Crippen molar-refractivity contribution in [2.24, 2.45) is 0 Å². The van der Waals surface area contributed by atoms with Crippen LogP contribution in [-0.2, 0) is 0 Å². The van der Waals surface area contributed by atoms with E-state index >= 15 is 0 Å². The van der Waals surface area contributed by atoms with Crippen LogP contribution < -0.4 is 4.74 Å². The topological polar surface area (TPSA) is 22.1 Å². The smallest absolute Gasteiger partial charge is 0.140 e. The van der Waals surface area contributed by atoms with Crippen LogP contribution in [0.3, 0.4) is 0 Å². The van der Waals surface area contributed by atoms with Crippen molar-refractivity contribution in [1.29, 1.82) is 0 Å². The minimum Gasteiger partial charge on any atom is -0.482 e. The predicted molar refractivity (Wildman–Crippen MR) is 75.7 cm³/mol. The molecule has 1 heterocycles. The molecule has 0 amide bonds. The fourth-order valence-corrected chi connectivity index (χ4v) is 1.58. The Morgan fingerprint density at radius 1 is 1.35 bits per heavy atom. The number of rotatable bonds is 4. The summed E-state index contributed by atoms with van der Waals surface area (Å²) in [5.74, 6) is 0.688. The summed E-state index contributed by atoms with van der Waals surface area (Å²) in [6, 6.07) is 1.85. The highest BCUT2D eigenvalue weighted by atomic mass is 32.1. The van der Waals surface area contributed by atoms with Gasteiger partial charge in [-0.15, -0.1) is 12.6 Å². The number of ether oxygens (including phenoxy) is 1. The molecule has 0 aliphatic rings. The van der Waals surface area contributed by atoms with Gasteiger partial charge < -0.3 is 4.74 Å². The van der Waals surface area contributed by atoms with E-state index in [2.05, 4.69) is 30.8 Å². The average Bonchev–Trinajstić information content (AvgIpc) is 2.15. The maximum Gasteiger partial charge on any atom is 0.140 e. The maximum atomic E-state index is 5.84. The summed E-state index contributed by atoms with van der Waals surface area (Å²) in [6.07, 6.45) is 1.69. The lowest BCUT2D eigenvalue weighted by Crippen LogP contribution is -2.29. The van der Waals surface area contributed by atoms with Crippen molar-refractivity contribution >= 4 is 18.2 Å². The van der Waals surface area contributed by atoms with E-state index in [1.807, 2.05) is 33.8 Å². The lowest BCUT2D eigenvalue weighted by Gasteiger charge is -2.27. The Morgan fingerprint density at radius 3 is 2.35 bits per heavy atom. The monoisotopic (exact) mass is 249 g/mol. The zero-order chi connectivity index (χ0) is 13.2. The molecule has 92 valence electrons. The third kappa shape index (κ3) is 3.37. The summed E-state index contributed by atoms with van der Waals surface area (Å²) in [6.45, 7) is 15.6. The van der Waals surface area contributed by atoms with Gasteiger partial charge in [-0.2, -0.15) is 0 Å². The van der Waals surface area contributed by atoms with E-state index in [1.54, 1.807) is 6.20 Å². The molecule has 1 aromatic rings. The van der Waals surface area contributed by atoms with Crippen molar-refractivity contribution in [3.05, 3.63) is 36.7 Å². The zero-order valence-corrected chi connectivity index (χ0v) is 11.8. The number of allylic oxidation sites excluding steroid dienone is 1. The van der Waals surface area contributed by atoms with Gasteiger partial charge in [-0.1, -0.05) is 13.2 Å². The average molecular weight is 249 g/mol. The molecule has 3 heteroatoms. The van der Waals surface area contributed by atoms with Gasteiger partial charge in [-0.05, 0) is 44.9 Å². The quantitative estimate of drug-likeness (QED) is 0.640. The zero-order valence-electron chi connectivity index (χ0n) is 10.9. The largest absolute Gasteiger partial charge is 0.482 e. The molecule has 0 unspecified atom stereocenters. The molecule has 17 heavy (non-hydrogen) atoms. The molecular weight excluding hydrogens is 230 g/mol. The summed E-state index contributed by atoms with van der Waals surface area (Å²) in [5, 5.41) is 0. The third-order valence-electron chi connectivity index (χ3n) is 2.65. The molecule has 1 rings (SSSR count). The number of hydrogen-bond acceptors (Lipinski definition) is 3. The Bertz CT molecular complexity index is 463. The van der Waals surface area contributed by atoms with Crippen LogP contribution in [0, 0.1) is 0 Å². The fourth-order valence-electron chi connectivity index (χ4n) is 1.20. The molecule has 0 bridgehead atoms. The SMILES string of the molecule is C=C(C)c1ncc(OC(C)(C)C(=C)C)cc1S. The molecule has 0 spiro atoms. The van der Waals surface area contributed by atoms with Gasteiger partial charge in [0.05, 0.1) is 11.9 Å². The van der Waals surface area contributed by atoms with Crippen LogP contribution in [0.15, 0.2) is 35.9 Å². The highest BCUT2D eigenvalue weighted by Crippen LogP contribution is 2.27. The van der Waals surface area contributed by atoms with Crippen molar-refractivity contribution in [1.82, 2.24) is 4.98 Å². The predicted octanol–water partition coefficient (Wildman–Crippen LogP) is 4.14. The van der Waals surface area contributed by atoms with Gasteiger partial charge in [0.15, 0.2) is 0 Å². The molecule has 2 nitrogen and oxygen atoms in total. The Morgan fingerprint density at radius 2 is 1.94 bits per heavy atom. The van der Waals surface area contributed by atoms with Crippen molar-refractivity contribution in [2.75, 3.05) is 0 Å². The Labute approximate surface area is 109 Å². The third-order valence-corrected chi connectivity index (χ3v) is 2.99. The molecule has 0 aliphatic carbocycles. The van der Waals surface area contributed by atoms with Crippen LogP contribution in [0.4, 0.5) is 0 Å². The second-order valence-electron chi connectivity index (χ2n) is 4.71. The standard InChI is InChI=1S/C14H19NOS/c1-9(2)13-12(17)7-11(8-15-13)16-14(5,6)10(3)4/h7-8,17H,1,3H2,2,4-6H3. The van der Waals surface area contributed by atoms with Gasteiger partial charge in [-0.25, -0.2) is 0 Å². The van der Waals surface area contributed by atoms with Crippen LogP contribution >= 0.6 is 12.6 Å². The second kappa shape index (κ2) is 4.96. The number of nitrogens with zero attached hydrogens (tertiary/aromatic N) is 1. The molecule has 0 saturated heterocycles. The van der Waals surface area contributed by atoms with Gasteiger partial charge in [0.25, 0.3) is 0 Å². The molecule has 0 radical (unpaired) electrons. The first kappa shape index (κ1) is 13.8. The molecule has 0 fully saturated rings. The van der Waals surface area contributed by atoms with Gasteiger partial charge in [0, 0.05) is 4.90 Å². The van der Waals surface area contributed by atoms with E-state index < -0.39 is 5.60 Å². The van der Waals surface area contributed by atoms with Gasteiger partial charge in [0.1, 0.15) is 11.4 Å². The number of hydrogen-bond donors (Lipinski definition) is 1. The normalized spacial score (nSPS) is 11.1. The summed E-state index contributed by atoms with van der Waals surface area (Å²) in [7, 11) is 0. The van der Waals surface area contributed by atoms with Crippen LogP contribution in [-0.4, -0.2) is 10.6 Å². The van der Waals surface area contributed by atoms with Crippen molar-refractivity contribution < 1.29 is 4.74 Å². The Hall–Kier alpha value is -1.22. The lowest BCUT2D eigenvalue weighted by atomic mass is 10.0. The molecule has 0 atom stereocenters. The van der Waals surface area contributed by atoms with E-state index in [9.17, 15) is 0 Å². The minimum atomic E-state index is -0.410. The van der Waals surface area contributed by atoms with Gasteiger partial charge in [-0.3, -0.25) is 4.98 Å². The molecule has 1 aromatic heterocycles. The van der Waals surface area contributed by atoms with Crippen molar-refractivity contribution in [2.45, 2.75) is 38.2 Å². The molecule has 0 N–H and O–H groups in total. The number of thiol groups is 1. The van der Waals surface area contributed by atoms with E-state index in [1.165, 1.54) is 0 Å². The summed E-state index contributed by atoms with van der Waals surface area (Å²) < 4.78 is 5.84. The molecule has 0 aromatic carbocycles. The summed E-state index contributed by atoms with van der Waals surface area (Å²) in [5.41, 5.74) is 2.24. The van der Waals surface area contributed by atoms with E-state index in [4.69, 9.17) is 4.74 Å². The Kier molecular flexibility index (Phi) is 4.04. The highest BCUT2D eigenvalue weighted by Gasteiger charge is 2.21. The number of aromatic nitrogens is 1. The second-order valence-corrected chi connectivity index (χ2v) is 5.19. The van der Waals surface area contributed by atoms with Crippen LogP contribution in [0.2, 0.25) is 0 Å². The van der Waals surface area contributed by atoms with Crippen molar-refractivity contribution in [3.63, 3.8) is 0 Å². The van der Waals surface area contributed by atoms with Crippen LogP contribution in [0.1, 0.15) is 33.4 Å². The summed E-state index contributed by atoms with van der Waals surface area (Å²) >= 11 is 4.38. The van der Waals surface area contributed by atoms with Gasteiger partial charge >= 0.3 is 0 Å². The van der Waals surface area contributed by atoms with Crippen LogP contribution in [0.25, 0.3) is 5.57 Å². The first-order valence-electron chi connectivity index (χ1n) is 5.44. The first-order chi connectivity index (χ1) is 7.74. The molecule has 0 saturated carbocycles. The Balaban J connectivity index is 2.99. The first-order valence-corrected chi connectivity index (χ1v) is 5.88. The maximum absolute atomic E-state index is 5.84. The lowest BCUT2D eigenvalue weighted by molar-refractivity contribution is 0.148. The molecule has 0 aliphatic heterocycles.